The molecule has 4 rings (SSSR count). The number of furan rings is 1. The van der Waals surface area contributed by atoms with Crippen LogP contribution in [0.25, 0.3) is 0 Å². The Morgan fingerprint density at radius 1 is 1.06 bits per heavy atom. The molecule has 0 unspecified atom stereocenters. The highest BCUT2D eigenvalue weighted by Crippen LogP contribution is 2.26. The van der Waals surface area contributed by atoms with E-state index in [0.717, 1.165) is 19.6 Å². The molecule has 0 aliphatic carbocycles. The Kier molecular flexibility index (Phi) is 6.89. The number of likely N-dealkylation sites (tertiary alicyclic amines) is 1. The fourth-order valence-corrected chi connectivity index (χ4v) is 3.80. The van der Waals surface area contributed by atoms with E-state index >= 15 is 0 Å². The van der Waals surface area contributed by atoms with Crippen molar-refractivity contribution in [3.05, 3.63) is 82.5 Å². The van der Waals surface area contributed by atoms with E-state index in [0.29, 0.717) is 17.2 Å². The van der Waals surface area contributed by atoms with Gasteiger partial charge in [-0.25, -0.2) is 4.39 Å². The lowest BCUT2D eigenvalue weighted by Gasteiger charge is -2.26. The van der Waals surface area contributed by atoms with E-state index in [1.807, 2.05) is 24.3 Å². The predicted octanol–water partition coefficient (Wildman–Crippen LogP) is 5.89. The maximum Gasteiger partial charge on any atom is 0.291 e. The van der Waals surface area contributed by atoms with Crippen molar-refractivity contribution >= 4 is 23.2 Å². The molecule has 1 aliphatic heterocycles. The Bertz CT molecular complexity index is 1030. The van der Waals surface area contributed by atoms with E-state index in [4.69, 9.17) is 20.8 Å². The summed E-state index contributed by atoms with van der Waals surface area (Å²) in [5.41, 5.74) is 1.94. The molecule has 5 nitrogen and oxygen atoms in total. The summed E-state index contributed by atoms with van der Waals surface area (Å²) in [6.07, 6.45) is 3.85. The molecule has 0 spiro atoms. The minimum absolute atomic E-state index is 0.0732. The van der Waals surface area contributed by atoms with Crippen LogP contribution in [-0.2, 0) is 13.2 Å². The highest BCUT2D eigenvalue weighted by Gasteiger charge is 2.14. The van der Waals surface area contributed by atoms with Crippen LogP contribution in [0.1, 0.15) is 41.1 Å². The first-order valence-electron chi connectivity index (χ1n) is 10.4. The number of anilines is 1. The molecule has 1 saturated heterocycles. The minimum Gasteiger partial charge on any atom is -0.484 e. The van der Waals surface area contributed by atoms with Gasteiger partial charge in [0.1, 0.15) is 23.9 Å². The Morgan fingerprint density at radius 2 is 1.84 bits per heavy atom. The van der Waals surface area contributed by atoms with Crippen LogP contribution in [0.5, 0.6) is 5.75 Å². The van der Waals surface area contributed by atoms with Gasteiger partial charge in [-0.15, -0.1) is 0 Å². The summed E-state index contributed by atoms with van der Waals surface area (Å²) in [6, 6.07) is 15.0. The zero-order valence-electron chi connectivity index (χ0n) is 17.1. The zero-order chi connectivity index (χ0) is 21.6. The Balaban J connectivity index is 1.30. The number of benzene rings is 2. The summed E-state index contributed by atoms with van der Waals surface area (Å²) in [7, 11) is 0. The van der Waals surface area contributed by atoms with Crippen molar-refractivity contribution in [1.82, 2.24) is 4.90 Å². The van der Waals surface area contributed by atoms with Crippen LogP contribution in [0.4, 0.5) is 10.1 Å². The third-order valence-electron chi connectivity index (χ3n) is 5.22. The lowest BCUT2D eigenvalue weighted by molar-refractivity contribution is 0.0992. The van der Waals surface area contributed by atoms with Gasteiger partial charge in [-0.1, -0.05) is 30.2 Å². The van der Waals surface area contributed by atoms with Gasteiger partial charge in [0.05, 0.1) is 5.02 Å². The summed E-state index contributed by atoms with van der Waals surface area (Å²) in [5.74, 6) is 0.211. The maximum atomic E-state index is 13.1. The standard InChI is InChI=1S/C24H24ClFN2O3/c25-21-14-18(26)6-10-22(21)30-16-20-9-11-23(31-20)24(29)27-19-7-4-17(5-8-19)15-28-12-2-1-3-13-28/h4-11,14H,1-3,12-13,15-16H2,(H,27,29). The molecule has 2 aromatic carbocycles. The minimum atomic E-state index is -0.436. The van der Waals surface area contributed by atoms with Gasteiger partial charge in [0.25, 0.3) is 5.91 Å². The molecule has 1 N–H and O–H groups in total. The van der Waals surface area contributed by atoms with E-state index in [1.165, 1.54) is 43.0 Å². The van der Waals surface area contributed by atoms with Crippen LogP contribution in [0.2, 0.25) is 5.02 Å². The van der Waals surface area contributed by atoms with Crippen LogP contribution in [0.3, 0.4) is 0 Å². The van der Waals surface area contributed by atoms with Crippen molar-refractivity contribution in [2.45, 2.75) is 32.4 Å². The van der Waals surface area contributed by atoms with E-state index in [2.05, 4.69) is 10.2 Å². The van der Waals surface area contributed by atoms with Gasteiger partial charge in [-0.2, -0.15) is 0 Å². The number of rotatable bonds is 7. The van der Waals surface area contributed by atoms with Crippen molar-refractivity contribution in [2.24, 2.45) is 0 Å². The topological polar surface area (TPSA) is 54.7 Å². The van der Waals surface area contributed by atoms with Crippen LogP contribution >= 0.6 is 11.6 Å². The van der Waals surface area contributed by atoms with Gasteiger partial charge in [-0.05, 0) is 74.0 Å². The lowest BCUT2D eigenvalue weighted by Crippen LogP contribution is -2.29. The monoisotopic (exact) mass is 442 g/mol. The molecular formula is C24H24ClFN2O3. The molecule has 1 fully saturated rings. The number of nitrogens with one attached hydrogen (secondary N) is 1. The van der Waals surface area contributed by atoms with E-state index in [-0.39, 0.29) is 23.3 Å². The molecule has 1 aromatic heterocycles. The van der Waals surface area contributed by atoms with Crippen molar-refractivity contribution in [3.63, 3.8) is 0 Å². The van der Waals surface area contributed by atoms with Crippen LogP contribution in [0, 0.1) is 5.82 Å². The Labute approximate surface area is 185 Å². The summed E-state index contributed by atoms with van der Waals surface area (Å²) in [5, 5.41) is 3.02. The number of ether oxygens (including phenoxy) is 1. The number of halogens is 2. The van der Waals surface area contributed by atoms with Gasteiger partial charge in [-0.3, -0.25) is 9.69 Å². The quantitative estimate of drug-likeness (QED) is 0.495. The first-order valence-corrected chi connectivity index (χ1v) is 10.7. The number of carbonyl (C=O) groups is 1. The van der Waals surface area contributed by atoms with Gasteiger partial charge in [0.15, 0.2) is 5.76 Å². The Morgan fingerprint density at radius 3 is 2.58 bits per heavy atom. The predicted molar refractivity (Wildman–Crippen MR) is 118 cm³/mol. The number of carbonyl (C=O) groups excluding carboxylic acids is 1. The number of amides is 1. The third kappa shape index (κ3) is 5.87. The van der Waals surface area contributed by atoms with Crippen molar-refractivity contribution in [2.75, 3.05) is 18.4 Å². The molecule has 0 radical (unpaired) electrons. The molecule has 3 aromatic rings. The summed E-state index contributed by atoms with van der Waals surface area (Å²) in [4.78, 5) is 14.9. The SMILES string of the molecule is O=C(Nc1ccc(CN2CCCCC2)cc1)c1ccc(COc2ccc(F)cc2Cl)o1. The molecule has 162 valence electrons. The van der Waals surface area contributed by atoms with E-state index in [9.17, 15) is 9.18 Å². The molecular weight excluding hydrogens is 419 g/mol. The van der Waals surface area contributed by atoms with Crippen molar-refractivity contribution < 1.29 is 18.3 Å². The molecule has 0 bridgehead atoms. The van der Waals surface area contributed by atoms with Gasteiger partial charge in [0.2, 0.25) is 0 Å². The zero-order valence-corrected chi connectivity index (χ0v) is 17.8. The smallest absolute Gasteiger partial charge is 0.291 e. The number of hydrogen-bond acceptors (Lipinski definition) is 4. The maximum absolute atomic E-state index is 13.1. The fraction of sp³-hybridized carbons (Fsp3) is 0.292. The fourth-order valence-electron chi connectivity index (χ4n) is 3.58. The first kappa shape index (κ1) is 21.4. The normalized spacial score (nSPS) is 14.4. The number of piperidine rings is 1. The second-order valence-electron chi connectivity index (χ2n) is 7.62. The second-order valence-corrected chi connectivity index (χ2v) is 8.02. The highest BCUT2D eigenvalue weighted by molar-refractivity contribution is 6.32. The second kappa shape index (κ2) is 9.98. The molecule has 7 heteroatoms. The van der Waals surface area contributed by atoms with Crippen LogP contribution in [0.15, 0.2) is 59.0 Å². The number of hydrogen-bond donors (Lipinski definition) is 1. The molecule has 0 saturated carbocycles. The third-order valence-corrected chi connectivity index (χ3v) is 5.51. The Hall–Kier alpha value is -2.83. The van der Waals surface area contributed by atoms with Gasteiger partial charge in [0, 0.05) is 12.2 Å². The summed E-state index contributed by atoms with van der Waals surface area (Å²) in [6.45, 7) is 3.31. The molecule has 1 amide bonds. The molecule has 0 atom stereocenters. The van der Waals surface area contributed by atoms with Crippen molar-refractivity contribution in [1.29, 1.82) is 0 Å². The van der Waals surface area contributed by atoms with Crippen LogP contribution < -0.4 is 10.1 Å². The van der Waals surface area contributed by atoms with Crippen molar-refractivity contribution in [3.8, 4) is 5.75 Å². The highest BCUT2D eigenvalue weighted by atomic mass is 35.5. The first-order chi connectivity index (χ1) is 15.1. The lowest BCUT2D eigenvalue weighted by atomic mass is 10.1. The van der Waals surface area contributed by atoms with E-state index < -0.39 is 5.82 Å². The van der Waals surface area contributed by atoms with Crippen LogP contribution in [-0.4, -0.2) is 23.9 Å². The average Bonchev–Trinajstić information content (AvgIpc) is 3.25. The van der Waals surface area contributed by atoms with Gasteiger partial charge < -0.3 is 14.5 Å². The average molecular weight is 443 g/mol. The molecule has 2 heterocycles. The molecule has 1 aliphatic rings. The van der Waals surface area contributed by atoms with Gasteiger partial charge >= 0.3 is 0 Å². The largest absolute Gasteiger partial charge is 0.484 e. The van der Waals surface area contributed by atoms with E-state index in [1.54, 1.807) is 12.1 Å². The summed E-state index contributed by atoms with van der Waals surface area (Å²) >= 11 is 5.94. The number of nitrogens with zero attached hydrogens (tertiary/aromatic N) is 1. The summed E-state index contributed by atoms with van der Waals surface area (Å²) < 4.78 is 24.2. The molecule has 31 heavy (non-hydrogen) atoms.